The second-order valence-electron chi connectivity index (χ2n) is 5.77. The Balaban J connectivity index is 1.94. The smallest absolute Gasteiger partial charge is 0.330 e. The van der Waals surface area contributed by atoms with Gasteiger partial charge in [-0.25, -0.2) is 9.18 Å². The molecule has 1 aromatic rings. The first-order valence-electron chi connectivity index (χ1n) is 7.19. The van der Waals surface area contributed by atoms with Gasteiger partial charge in [0, 0.05) is 0 Å². The van der Waals surface area contributed by atoms with Gasteiger partial charge in [-0.05, 0) is 25.7 Å². The van der Waals surface area contributed by atoms with E-state index in [2.05, 4.69) is 0 Å². The Labute approximate surface area is 150 Å². The summed E-state index contributed by atoms with van der Waals surface area (Å²) in [7, 11) is 0. The molecule has 1 aromatic heterocycles. The maximum atomic E-state index is 15.2. The zero-order valence-electron chi connectivity index (χ0n) is 13.0. The summed E-state index contributed by atoms with van der Waals surface area (Å²) in [5.41, 5.74) is -2.33. The second kappa shape index (κ2) is 6.49. The summed E-state index contributed by atoms with van der Waals surface area (Å²) >= 11 is 11.1. The number of H-pyrrole nitrogens is 1. The largest absolute Gasteiger partial charge is 0.344 e. The van der Waals surface area contributed by atoms with Crippen molar-refractivity contribution in [1.82, 2.24) is 9.55 Å². The van der Waals surface area contributed by atoms with Crippen molar-refractivity contribution in [2.45, 2.75) is 43.5 Å². The summed E-state index contributed by atoms with van der Waals surface area (Å²) < 4.78 is 50.8. The van der Waals surface area contributed by atoms with Gasteiger partial charge in [-0.1, -0.05) is 11.6 Å². The van der Waals surface area contributed by atoms with Gasteiger partial charge in [-0.15, -0.1) is 0 Å². The first kappa shape index (κ1) is 19.1. The van der Waals surface area contributed by atoms with Crippen LogP contribution in [0.15, 0.2) is 15.8 Å². The fourth-order valence-electron chi connectivity index (χ4n) is 2.51. The number of aromatic nitrogens is 2. The monoisotopic (exact) mass is 418 g/mol. The van der Waals surface area contributed by atoms with Gasteiger partial charge in [0.2, 0.25) is 5.82 Å². The lowest BCUT2D eigenvalue weighted by Gasteiger charge is -2.35. The second-order valence-corrected chi connectivity index (χ2v) is 9.26. The van der Waals surface area contributed by atoms with Crippen molar-refractivity contribution < 1.29 is 27.1 Å². The molecule has 0 saturated carbocycles. The summed E-state index contributed by atoms with van der Waals surface area (Å²) in [4.78, 5) is 24.7. The number of ether oxygens (including phenoxy) is 1. The van der Waals surface area contributed by atoms with Crippen LogP contribution < -0.4 is 11.2 Å². The summed E-state index contributed by atoms with van der Waals surface area (Å²) in [6.07, 6.45) is -3.98. The number of halogens is 3. The maximum Gasteiger partial charge on any atom is 0.330 e. The number of nitrogens with one attached hydrogen (secondary N) is 1. The van der Waals surface area contributed by atoms with E-state index in [1.807, 2.05) is 0 Å². The minimum atomic E-state index is -3.26. The van der Waals surface area contributed by atoms with Crippen molar-refractivity contribution in [1.29, 1.82) is 0 Å². The summed E-state index contributed by atoms with van der Waals surface area (Å²) in [6, 6.07) is 0. The van der Waals surface area contributed by atoms with E-state index in [4.69, 9.17) is 41.7 Å². The topological polar surface area (TPSA) is 91.8 Å². The highest BCUT2D eigenvalue weighted by Crippen LogP contribution is 2.61. The Morgan fingerprint density at radius 3 is 2.88 bits per heavy atom. The standard InChI is InChI=1S/C12H14ClF2N2O6PS/c1-5(2)22-24(25)20-4-7-8(23-24)12(13,15)10(21-7)17-3-6(14)9(18)16-11(17)19/h3,5,7-8,10H,4H2,1-2H3,(H,16,18,19)/t7-,8-,10-,12+,24-/m1/s1. The fraction of sp³-hybridized carbons (Fsp3) is 0.667. The normalized spacial score (nSPS) is 38.1. The van der Waals surface area contributed by atoms with Crippen LogP contribution in [0.3, 0.4) is 0 Å². The number of alkyl halides is 2. The number of nitrogens with zero attached hydrogens (tertiary/aromatic N) is 1. The lowest BCUT2D eigenvalue weighted by Crippen LogP contribution is -2.45. The zero-order valence-corrected chi connectivity index (χ0v) is 15.4. The molecule has 0 radical (unpaired) electrons. The molecule has 13 heteroatoms. The Kier molecular flexibility index (Phi) is 4.95. The van der Waals surface area contributed by atoms with E-state index in [1.165, 1.54) is 0 Å². The number of hydrogen-bond donors (Lipinski definition) is 1. The van der Waals surface area contributed by atoms with Crippen molar-refractivity contribution in [3.05, 3.63) is 32.9 Å². The predicted octanol–water partition coefficient (Wildman–Crippen LogP) is 1.54. The van der Waals surface area contributed by atoms with Gasteiger partial charge in [0.05, 0.1) is 18.9 Å². The number of aromatic amines is 1. The van der Waals surface area contributed by atoms with E-state index in [0.717, 1.165) is 0 Å². The Morgan fingerprint density at radius 1 is 1.56 bits per heavy atom. The molecule has 2 aliphatic heterocycles. The highest BCUT2D eigenvalue weighted by molar-refractivity contribution is 8.07. The lowest BCUT2D eigenvalue weighted by molar-refractivity contribution is -0.0659. The minimum Gasteiger partial charge on any atom is -0.344 e. The molecular formula is C12H14ClF2N2O6PS. The van der Waals surface area contributed by atoms with Crippen LogP contribution in [0, 0.1) is 5.82 Å². The van der Waals surface area contributed by atoms with Gasteiger partial charge in [0.15, 0.2) is 6.23 Å². The average Bonchev–Trinajstić information content (AvgIpc) is 2.73. The van der Waals surface area contributed by atoms with Gasteiger partial charge in [-0.3, -0.25) is 18.9 Å². The van der Waals surface area contributed by atoms with Crippen LogP contribution in [-0.2, 0) is 30.1 Å². The molecule has 3 rings (SSSR count). The van der Waals surface area contributed by atoms with Crippen LogP contribution in [0.25, 0.3) is 0 Å². The molecule has 3 heterocycles. The van der Waals surface area contributed by atoms with Crippen LogP contribution in [0.2, 0.25) is 0 Å². The molecular weight excluding hydrogens is 405 g/mol. The Morgan fingerprint density at radius 2 is 2.24 bits per heavy atom. The van der Waals surface area contributed by atoms with Crippen LogP contribution in [-0.4, -0.2) is 39.6 Å². The van der Waals surface area contributed by atoms with Crippen LogP contribution >= 0.6 is 18.3 Å². The van der Waals surface area contributed by atoms with Gasteiger partial charge >= 0.3 is 12.4 Å². The Hall–Kier alpha value is -0.680. The summed E-state index contributed by atoms with van der Waals surface area (Å²) in [5, 5.41) is -2.77. The van der Waals surface area contributed by atoms with Crippen LogP contribution in [0.1, 0.15) is 20.1 Å². The van der Waals surface area contributed by atoms with Crippen molar-refractivity contribution >= 4 is 30.1 Å². The van der Waals surface area contributed by atoms with E-state index in [0.29, 0.717) is 10.8 Å². The molecule has 2 fully saturated rings. The molecule has 25 heavy (non-hydrogen) atoms. The minimum absolute atomic E-state index is 0.176. The lowest BCUT2D eigenvalue weighted by atomic mass is 10.1. The predicted molar refractivity (Wildman–Crippen MR) is 86.2 cm³/mol. The first-order chi connectivity index (χ1) is 11.5. The molecule has 0 bridgehead atoms. The fourth-order valence-corrected chi connectivity index (χ4v) is 5.48. The van der Waals surface area contributed by atoms with Crippen molar-refractivity contribution in [3.8, 4) is 0 Å². The molecule has 140 valence electrons. The molecule has 8 nitrogen and oxygen atoms in total. The summed E-state index contributed by atoms with van der Waals surface area (Å²) in [5.74, 6) is -1.30. The van der Waals surface area contributed by atoms with E-state index in [-0.39, 0.29) is 12.7 Å². The molecule has 2 aliphatic rings. The van der Waals surface area contributed by atoms with Crippen molar-refractivity contribution in [2.75, 3.05) is 6.61 Å². The van der Waals surface area contributed by atoms with E-state index in [9.17, 15) is 14.0 Å². The molecule has 0 aromatic carbocycles. The third-order valence-electron chi connectivity index (χ3n) is 3.51. The SMILES string of the molecule is CC(C)O[P@]1(=S)OC[C@H]2O[C@@H](n3cc(F)c(=O)[nH]c3=O)[C@](F)(Cl)[C@@H]2O1. The van der Waals surface area contributed by atoms with Gasteiger partial charge in [0.25, 0.3) is 10.7 Å². The maximum absolute atomic E-state index is 15.2. The van der Waals surface area contributed by atoms with Gasteiger partial charge in [-0.2, -0.15) is 4.39 Å². The number of rotatable bonds is 3. The molecule has 5 atom stereocenters. The quantitative estimate of drug-likeness (QED) is 0.588. The average molecular weight is 419 g/mol. The van der Waals surface area contributed by atoms with Crippen LogP contribution in [0.5, 0.6) is 0 Å². The molecule has 0 unspecified atom stereocenters. The highest BCUT2D eigenvalue weighted by atomic mass is 35.5. The summed E-state index contributed by atoms with van der Waals surface area (Å²) in [6.45, 7) is -0.0312. The molecule has 2 saturated heterocycles. The number of hydrogen-bond acceptors (Lipinski definition) is 7. The van der Waals surface area contributed by atoms with Crippen molar-refractivity contribution in [2.24, 2.45) is 0 Å². The van der Waals surface area contributed by atoms with E-state index < -0.39 is 47.3 Å². The molecule has 0 spiro atoms. The van der Waals surface area contributed by atoms with Crippen molar-refractivity contribution in [3.63, 3.8) is 0 Å². The third kappa shape index (κ3) is 3.46. The van der Waals surface area contributed by atoms with Crippen LogP contribution in [0.4, 0.5) is 8.78 Å². The molecule has 1 N–H and O–H groups in total. The van der Waals surface area contributed by atoms with E-state index >= 15 is 4.39 Å². The van der Waals surface area contributed by atoms with Gasteiger partial charge in [0.1, 0.15) is 12.2 Å². The highest BCUT2D eigenvalue weighted by Gasteiger charge is 2.62. The zero-order chi connectivity index (χ0) is 18.6. The Bertz CT molecular complexity index is 846. The van der Waals surface area contributed by atoms with E-state index in [1.54, 1.807) is 18.8 Å². The third-order valence-corrected chi connectivity index (χ3v) is 6.37. The number of fused-ring (bicyclic) bond motifs is 1. The van der Waals surface area contributed by atoms with Gasteiger partial charge < -0.3 is 13.8 Å². The molecule has 0 amide bonds. The first-order valence-corrected chi connectivity index (χ1v) is 10.1. The molecule has 0 aliphatic carbocycles.